The zero-order valence-corrected chi connectivity index (χ0v) is 16.0. The summed E-state index contributed by atoms with van der Waals surface area (Å²) >= 11 is 1.69. The first-order valence-electron chi connectivity index (χ1n) is 9.60. The van der Waals surface area contributed by atoms with Gasteiger partial charge in [0.2, 0.25) is 5.91 Å². The minimum Gasteiger partial charge on any atom is -0.372 e. The first-order chi connectivity index (χ1) is 12.6. The molecule has 7 heteroatoms. The third-order valence-corrected chi connectivity index (χ3v) is 6.98. The van der Waals surface area contributed by atoms with Crippen molar-refractivity contribution < 1.29 is 9.53 Å². The third-order valence-electron chi connectivity index (χ3n) is 6.21. The molecule has 0 unspecified atom stereocenters. The van der Waals surface area contributed by atoms with Gasteiger partial charge in [-0.3, -0.25) is 9.69 Å². The molecule has 1 saturated carbocycles. The van der Waals surface area contributed by atoms with E-state index < -0.39 is 5.41 Å². The largest absolute Gasteiger partial charge is 0.372 e. The average molecular weight is 375 g/mol. The van der Waals surface area contributed by atoms with Crippen molar-refractivity contribution >= 4 is 17.2 Å². The van der Waals surface area contributed by atoms with Gasteiger partial charge in [-0.2, -0.15) is 5.26 Å². The normalized spacial score (nSPS) is 25.3. The van der Waals surface area contributed by atoms with Crippen LogP contribution in [-0.2, 0) is 16.1 Å². The summed E-state index contributed by atoms with van der Waals surface area (Å²) in [7, 11) is 0. The van der Waals surface area contributed by atoms with Gasteiger partial charge >= 0.3 is 0 Å². The number of aromatic nitrogens is 1. The number of carbonyl (C=O) groups excluding carboxylic acids is 1. The Morgan fingerprint density at radius 2 is 2.04 bits per heavy atom. The number of rotatable bonds is 3. The zero-order valence-electron chi connectivity index (χ0n) is 15.2. The Labute approximate surface area is 158 Å². The number of hydrogen-bond acceptors (Lipinski definition) is 6. The second kappa shape index (κ2) is 7.26. The monoisotopic (exact) mass is 374 g/mol. The Hall–Kier alpha value is -1.49. The molecule has 0 bridgehead atoms. The van der Waals surface area contributed by atoms with E-state index in [4.69, 9.17) is 4.74 Å². The topological polar surface area (TPSA) is 69.5 Å². The van der Waals surface area contributed by atoms with Gasteiger partial charge in [-0.05, 0) is 25.7 Å². The first-order valence-corrected chi connectivity index (χ1v) is 10.5. The van der Waals surface area contributed by atoms with Gasteiger partial charge in [-0.15, -0.1) is 11.3 Å². The van der Waals surface area contributed by atoms with E-state index in [2.05, 4.69) is 16.0 Å². The summed E-state index contributed by atoms with van der Waals surface area (Å²) < 4.78 is 6.20. The van der Waals surface area contributed by atoms with Crippen molar-refractivity contribution in [3.63, 3.8) is 0 Å². The van der Waals surface area contributed by atoms with Crippen molar-refractivity contribution in [1.29, 1.82) is 5.26 Å². The molecule has 2 saturated heterocycles. The van der Waals surface area contributed by atoms with Crippen LogP contribution in [0.5, 0.6) is 0 Å². The number of hydrogen-bond donors (Lipinski definition) is 0. The van der Waals surface area contributed by atoms with Crippen LogP contribution in [0.1, 0.15) is 43.5 Å². The maximum atomic E-state index is 12.9. The highest BCUT2D eigenvalue weighted by atomic mass is 32.1. The summed E-state index contributed by atoms with van der Waals surface area (Å²) in [6, 6.07) is 2.34. The highest BCUT2D eigenvalue weighted by Crippen LogP contribution is 2.40. The van der Waals surface area contributed by atoms with Crippen LogP contribution in [0.25, 0.3) is 0 Å². The molecule has 1 aromatic heterocycles. The molecule has 0 atom stereocenters. The summed E-state index contributed by atoms with van der Waals surface area (Å²) in [6.07, 6.45) is 7.00. The fourth-order valence-electron chi connectivity index (χ4n) is 4.66. The number of likely N-dealkylation sites (tertiary alicyclic amines) is 1. The van der Waals surface area contributed by atoms with Gasteiger partial charge in [0.25, 0.3) is 0 Å². The minimum atomic E-state index is -0.755. The molecule has 1 aromatic rings. The molecular weight excluding hydrogens is 348 g/mol. The summed E-state index contributed by atoms with van der Waals surface area (Å²) in [6.45, 7) is 4.85. The van der Waals surface area contributed by atoms with Crippen LogP contribution in [0.15, 0.2) is 11.6 Å². The van der Waals surface area contributed by atoms with E-state index in [-0.39, 0.29) is 11.5 Å². The second-order valence-electron chi connectivity index (χ2n) is 7.86. The lowest BCUT2D eigenvalue weighted by molar-refractivity contribution is -0.156. The van der Waals surface area contributed by atoms with Crippen molar-refractivity contribution in [1.82, 2.24) is 14.8 Å². The zero-order chi connectivity index (χ0) is 18.0. The highest BCUT2D eigenvalue weighted by molar-refractivity contribution is 7.09. The average Bonchev–Trinajstić information content (AvgIpc) is 3.34. The molecule has 4 rings (SSSR count). The number of morpholine rings is 1. The van der Waals surface area contributed by atoms with E-state index in [1.807, 2.05) is 16.5 Å². The van der Waals surface area contributed by atoms with Gasteiger partial charge in [0.05, 0.1) is 24.8 Å². The van der Waals surface area contributed by atoms with E-state index in [9.17, 15) is 10.1 Å². The molecule has 1 aliphatic carbocycles. The van der Waals surface area contributed by atoms with Gasteiger partial charge in [-0.1, -0.05) is 12.8 Å². The van der Waals surface area contributed by atoms with E-state index in [1.165, 1.54) is 0 Å². The van der Waals surface area contributed by atoms with Crippen molar-refractivity contribution in [2.24, 2.45) is 5.41 Å². The van der Waals surface area contributed by atoms with Gasteiger partial charge < -0.3 is 9.64 Å². The predicted molar refractivity (Wildman–Crippen MR) is 98.4 cm³/mol. The fourth-order valence-corrected chi connectivity index (χ4v) is 5.31. The molecule has 0 aromatic carbocycles. The summed E-state index contributed by atoms with van der Waals surface area (Å²) in [5, 5.41) is 12.7. The lowest BCUT2D eigenvalue weighted by Crippen LogP contribution is -2.58. The lowest BCUT2D eigenvalue weighted by Gasteiger charge is -2.47. The number of amides is 1. The van der Waals surface area contributed by atoms with Crippen LogP contribution in [0.3, 0.4) is 0 Å². The standard InChI is InChI=1S/C19H26N4O2S/c20-14-18(3-1-2-4-18)17(24)23-8-5-19(6-9-23)15-22(10-11-25-19)13-16-21-7-12-26-16/h7,12H,1-6,8-11,13,15H2. The molecule has 1 spiro atoms. The van der Waals surface area contributed by atoms with Gasteiger partial charge in [0, 0.05) is 37.8 Å². The summed E-state index contributed by atoms with van der Waals surface area (Å²) in [4.78, 5) is 21.7. The van der Waals surface area contributed by atoms with Crippen molar-refractivity contribution in [3.05, 3.63) is 16.6 Å². The molecule has 6 nitrogen and oxygen atoms in total. The molecule has 140 valence electrons. The molecule has 2 aliphatic heterocycles. The Balaban J connectivity index is 1.36. The Morgan fingerprint density at radius 3 is 2.69 bits per heavy atom. The molecule has 1 amide bonds. The molecular formula is C19H26N4O2S. The Kier molecular flexibility index (Phi) is 5.00. The van der Waals surface area contributed by atoms with Crippen molar-refractivity contribution in [3.8, 4) is 6.07 Å². The molecule has 26 heavy (non-hydrogen) atoms. The predicted octanol–water partition coefficient (Wildman–Crippen LogP) is 2.42. The van der Waals surface area contributed by atoms with Crippen molar-refractivity contribution in [2.45, 2.75) is 50.7 Å². The van der Waals surface area contributed by atoms with Gasteiger partial charge in [-0.25, -0.2) is 4.98 Å². The summed E-state index contributed by atoms with van der Waals surface area (Å²) in [5.74, 6) is 0.0581. The lowest BCUT2D eigenvalue weighted by atomic mass is 9.83. The van der Waals surface area contributed by atoms with Crippen LogP contribution in [-0.4, -0.2) is 59.1 Å². The number of carbonyl (C=O) groups is 1. The number of nitrogens with zero attached hydrogens (tertiary/aromatic N) is 4. The Bertz CT molecular complexity index is 670. The number of thiazole rings is 1. The van der Waals surface area contributed by atoms with E-state index in [0.717, 1.165) is 69.8 Å². The molecule has 3 fully saturated rings. The van der Waals surface area contributed by atoms with Crippen molar-refractivity contribution in [2.75, 3.05) is 32.8 Å². The Morgan fingerprint density at radius 1 is 1.27 bits per heavy atom. The number of piperidine rings is 1. The van der Waals surface area contributed by atoms with Crippen LogP contribution >= 0.6 is 11.3 Å². The SMILES string of the molecule is N#CC1(C(=O)N2CCC3(CC2)CN(Cc2nccs2)CCO3)CCCC1. The van der Waals surface area contributed by atoms with Gasteiger partial charge in [0.1, 0.15) is 10.4 Å². The number of ether oxygens (including phenoxy) is 1. The molecule has 0 N–H and O–H groups in total. The maximum absolute atomic E-state index is 12.9. The van der Waals surface area contributed by atoms with E-state index in [1.54, 1.807) is 11.3 Å². The van der Waals surface area contributed by atoms with Crippen LogP contribution in [0.4, 0.5) is 0 Å². The molecule has 3 heterocycles. The quantitative estimate of drug-likeness (QED) is 0.813. The second-order valence-corrected chi connectivity index (χ2v) is 8.84. The highest BCUT2D eigenvalue weighted by Gasteiger charge is 2.47. The van der Waals surface area contributed by atoms with E-state index in [0.29, 0.717) is 13.1 Å². The summed E-state index contributed by atoms with van der Waals surface area (Å²) in [5.41, 5.74) is -0.906. The smallest absolute Gasteiger partial charge is 0.243 e. The molecule has 3 aliphatic rings. The van der Waals surface area contributed by atoms with Crippen LogP contribution in [0, 0.1) is 16.7 Å². The van der Waals surface area contributed by atoms with E-state index >= 15 is 0 Å². The number of nitriles is 1. The first kappa shape index (κ1) is 17.9. The van der Waals surface area contributed by atoms with Gasteiger partial charge in [0.15, 0.2) is 0 Å². The van der Waals surface area contributed by atoms with Crippen LogP contribution < -0.4 is 0 Å². The maximum Gasteiger partial charge on any atom is 0.243 e. The minimum absolute atomic E-state index is 0.0581. The van der Waals surface area contributed by atoms with Crippen LogP contribution in [0.2, 0.25) is 0 Å². The molecule has 0 radical (unpaired) electrons. The fraction of sp³-hybridized carbons (Fsp3) is 0.737. The third kappa shape index (κ3) is 3.38.